The zero-order chi connectivity index (χ0) is 15.2. The van der Waals surface area contributed by atoms with E-state index in [0.29, 0.717) is 6.54 Å². The van der Waals surface area contributed by atoms with Gasteiger partial charge in [-0.3, -0.25) is 4.98 Å². The van der Waals surface area contributed by atoms with Gasteiger partial charge in [0.2, 0.25) is 0 Å². The van der Waals surface area contributed by atoms with Gasteiger partial charge in [-0.05, 0) is 36.2 Å². The Morgan fingerprint density at radius 2 is 2.05 bits per heavy atom. The Hall–Kier alpha value is -2.08. The highest BCUT2D eigenvalue weighted by Crippen LogP contribution is 2.17. The van der Waals surface area contributed by atoms with Crippen molar-refractivity contribution in [2.24, 2.45) is 0 Å². The molecule has 2 rings (SSSR count). The summed E-state index contributed by atoms with van der Waals surface area (Å²) in [7, 11) is 0. The number of alkyl halides is 2. The molecular formula is C15H15F3N2O. The number of rotatable bonds is 6. The number of hydrogen-bond acceptors (Lipinski definition) is 3. The van der Waals surface area contributed by atoms with Gasteiger partial charge in [-0.1, -0.05) is 12.1 Å². The maximum atomic E-state index is 13.1. The van der Waals surface area contributed by atoms with Crippen LogP contribution < -0.4 is 10.1 Å². The fourth-order valence-electron chi connectivity index (χ4n) is 1.89. The van der Waals surface area contributed by atoms with E-state index in [9.17, 15) is 13.2 Å². The van der Waals surface area contributed by atoms with Crippen molar-refractivity contribution in [3.8, 4) is 5.75 Å². The summed E-state index contributed by atoms with van der Waals surface area (Å²) in [6, 6.07) is 7.73. The summed E-state index contributed by atoms with van der Waals surface area (Å²) < 4.78 is 41.7. The fraction of sp³-hybridized carbons (Fsp3) is 0.267. The van der Waals surface area contributed by atoms with E-state index in [4.69, 9.17) is 0 Å². The van der Waals surface area contributed by atoms with Gasteiger partial charge in [0.05, 0.1) is 6.20 Å². The summed E-state index contributed by atoms with van der Waals surface area (Å²) in [5.41, 5.74) is 1.51. The summed E-state index contributed by atoms with van der Waals surface area (Å²) in [4.78, 5) is 3.79. The van der Waals surface area contributed by atoms with Gasteiger partial charge < -0.3 is 10.1 Å². The number of benzene rings is 1. The Kier molecular flexibility index (Phi) is 5.16. The van der Waals surface area contributed by atoms with Crippen LogP contribution >= 0.6 is 0 Å². The van der Waals surface area contributed by atoms with E-state index in [2.05, 4.69) is 15.0 Å². The SMILES string of the molecule is C[C@@H](NCc1cccc(OC(F)F)c1)c1cncc(F)c1. The van der Waals surface area contributed by atoms with Crippen LogP contribution in [0.5, 0.6) is 5.75 Å². The minimum Gasteiger partial charge on any atom is -0.435 e. The fourth-order valence-corrected chi connectivity index (χ4v) is 1.89. The predicted octanol–water partition coefficient (Wildman–Crippen LogP) is 3.67. The third-order valence-corrected chi connectivity index (χ3v) is 2.96. The molecule has 2 aromatic rings. The summed E-state index contributed by atoms with van der Waals surface area (Å²) in [5.74, 6) is -0.280. The molecule has 1 aromatic heterocycles. The monoisotopic (exact) mass is 296 g/mol. The molecule has 0 saturated carbocycles. The number of nitrogens with one attached hydrogen (secondary N) is 1. The topological polar surface area (TPSA) is 34.1 Å². The van der Waals surface area contributed by atoms with Crippen LogP contribution in [0.1, 0.15) is 24.1 Å². The van der Waals surface area contributed by atoms with Gasteiger partial charge in [-0.25, -0.2) is 4.39 Å². The van der Waals surface area contributed by atoms with Crippen molar-refractivity contribution in [2.45, 2.75) is 26.1 Å². The molecular weight excluding hydrogens is 281 g/mol. The largest absolute Gasteiger partial charge is 0.435 e. The van der Waals surface area contributed by atoms with Crippen LogP contribution in [0.3, 0.4) is 0 Å². The second kappa shape index (κ2) is 7.08. The number of pyridine rings is 1. The average Bonchev–Trinajstić information content (AvgIpc) is 2.44. The zero-order valence-electron chi connectivity index (χ0n) is 11.4. The maximum absolute atomic E-state index is 13.1. The van der Waals surface area contributed by atoms with Crippen molar-refractivity contribution in [1.29, 1.82) is 0 Å². The van der Waals surface area contributed by atoms with E-state index >= 15 is 0 Å². The molecule has 0 spiro atoms. The highest BCUT2D eigenvalue weighted by molar-refractivity contribution is 5.28. The molecule has 6 heteroatoms. The molecule has 1 aromatic carbocycles. The van der Waals surface area contributed by atoms with Crippen LogP contribution in [-0.2, 0) is 6.54 Å². The Morgan fingerprint density at radius 3 is 2.76 bits per heavy atom. The van der Waals surface area contributed by atoms with E-state index in [1.54, 1.807) is 18.3 Å². The molecule has 0 saturated heterocycles. The minimum atomic E-state index is -2.84. The van der Waals surface area contributed by atoms with Crippen molar-refractivity contribution in [2.75, 3.05) is 0 Å². The molecule has 0 unspecified atom stereocenters. The first-order valence-corrected chi connectivity index (χ1v) is 6.42. The first kappa shape index (κ1) is 15.3. The van der Waals surface area contributed by atoms with Crippen molar-refractivity contribution < 1.29 is 17.9 Å². The van der Waals surface area contributed by atoms with Gasteiger partial charge in [0.1, 0.15) is 11.6 Å². The van der Waals surface area contributed by atoms with Gasteiger partial charge in [-0.15, -0.1) is 0 Å². The molecule has 0 aliphatic carbocycles. The number of ether oxygens (including phenoxy) is 1. The molecule has 0 fully saturated rings. The van der Waals surface area contributed by atoms with E-state index in [0.717, 1.165) is 17.3 Å². The number of hydrogen-bond donors (Lipinski definition) is 1. The molecule has 1 heterocycles. The molecule has 0 aliphatic rings. The quantitative estimate of drug-likeness (QED) is 0.883. The summed E-state index contributed by atoms with van der Waals surface area (Å²) >= 11 is 0. The Morgan fingerprint density at radius 1 is 1.24 bits per heavy atom. The third-order valence-electron chi connectivity index (χ3n) is 2.96. The lowest BCUT2D eigenvalue weighted by Gasteiger charge is -2.14. The first-order chi connectivity index (χ1) is 10.0. The van der Waals surface area contributed by atoms with Crippen molar-refractivity contribution in [3.63, 3.8) is 0 Å². The Bertz CT molecular complexity index is 593. The predicted molar refractivity (Wildman–Crippen MR) is 72.5 cm³/mol. The van der Waals surface area contributed by atoms with Crippen molar-refractivity contribution in [3.05, 3.63) is 59.7 Å². The van der Waals surface area contributed by atoms with Crippen molar-refractivity contribution >= 4 is 0 Å². The lowest BCUT2D eigenvalue weighted by Crippen LogP contribution is -2.18. The van der Waals surface area contributed by atoms with Crippen LogP contribution in [0.25, 0.3) is 0 Å². The van der Waals surface area contributed by atoms with Gasteiger partial charge in [0.15, 0.2) is 0 Å². The molecule has 3 nitrogen and oxygen atoms in total. The number of halogens is 3. The lowest BCUT2D eigenvalue weighted by atomic mass is 10.1. The number of nitrogens with zero attached hydrogens (tertiary/aromatic N) is 1. The van der Waals surface area contributed by atoms with Crippen LogP contribution in [0.4, 0.5) is 13.2 Å². The van der Waals surface area contributed by atoms with Gasteiger partial charge in [0.25, 0.3) is 0 Å². The second-order valence-electron chi connectivity index (χ2n) is 4.56. The van der Waals surface area contributed by atoms with Gasteiger partial charge in [-0.2, -0.15) is 8.78 Å². The third kappa shape index (κ3) is 4.75. The van der Waals surface area contributed by atoms with Gasteiger partial charge in [0, 0.05) is 18.8 Å². The Labute approximate surface area is 120 Å². The van der Waals surface area contributed by atoms with Crippen LogP contribution in [-0.4, -0.2) is 11.6 Å². The van der Waals surface area contributed by atoms with E-state index in [-0.39, 0.29) is 11.8 Å². The lowest BCUT2D eigenvalue weighted by molar-refractivity contribution is -0.0498. The molecule has 1 N–H and O–H groups in total. The maximum Gasteiger partial charge on any atom is 0.387 e. The van der Waals surface area contributed by atoms with E-state index in [1.165, 1.54) is 18.2 Å². The molecule has 1 atom stereocenters. The smallest absolute Gasteiger partial charge is 0.387 e. The molecule has 21 heavy (non-hydrogen) atoms. The normalized spacial score (nSPS) is 12.4. The summed E-state index contributed by atoms with van der Waals surface area (Å²) in [5, 5.41) is 3.17. The van der Waals surface area contributed by atoms with E-state index < -0.39 is 12.4 Å². The molecule has 112 valence electrons. The highest BCUT2D eigenvalue weighted by atomic mass is 19.3. The zero-order valence-corrected chi connectivity index (χ0v) is 11.4. The summed E-state index contributed by atoms with van der Waals surface area (Å²) in [6.45, 7) is -0.529. The molecule has 0 bridgehead atoms. The molecule has 0 amide bonds. The van der Waals surface area contributed by atoms with Crippen LogP contribution in [0, 0.1) is 5.82 Å². The average molecular weight is 296 g/mol. The van der Waals surface area contributed by atoms with Crippen LogP contribution in [0.15, 0.2) is 42.7 Å². The number of aromatic nitrogens is 1. The van der Waals surface area contributed by atoms with Crippen LogP contribution in [0.2, 0.25) is 0 Å². The summed E-state index contributed by atoms with van der Waals surface area (Å²) in [6.07, 6.45) is 2.72. The van der Waals surface area contributed by atoms with Gasteiger partial charge >= 0.3 is 6.61 Å². The van der Waals surface area contributed by atoms with Crippen molar-refractivity contribution in [1.82, 2.24) is 10.3 Å². The van der Waals surface area contributed by atoms with E-state index in [1.807, 2.05) is 6.92 Å². The second-order valence-corrected chi connectivity index (χ2v) is 4.56. The highest BCUT2D eigenvalue weighted by Gasteiger charge is 2.08. The molecule has 0 aliphatic heterocycles. The molecule has 0 radical (unpaired) electrons. The standard InChI is InChI=1S/C15H15F3N2O/c1-10(12-6-13(16)9-19-8-12)20-7-11-3-2-4-14(5-11)21-15(17)18/h2-6,8-10,15,20H,7H2,1H3/t10-/m1/s1. The first-order valence-electron chi connectivity index (χ1n) is 6.42. The minimum absolute atomic E-state index is 0.115. The Balaban J connectivity index is 1.96.